The average molecular weight is 743 g/mol. The van der Waals surface area contributed by atoms with Gasteiger partial charge in [0.05, 0.1) is 5.41 Å². The van der Waals surface area contributed by atoms with Crippen LogP contribution in [0.15, 0.2) is 206 Å². The van der Waals surface area contributed by atoms with Gasteiger partial charge in [-0.2, -0.15) is 0 Å². The van der Waals surface area contributed by atoms with Crippen LogP contribution >= 0.6 is 0 Å². The van der Waals surface area contributed by atoms with Crippen molar-refractivity contribution in [2.24, 2.45) is 0 Å². The summed E-state index contributed by atoms with van der Waals surface area (Å²) in [5.74, 6) is 0. The van der Waals surface area contributed by atoms with Crippen molar-refractivity contribution >= 4 is 64.6 Å². The zero-order valence-electron chi connectivity index (χ0n) is 32.1. The van der Waals surface area contributed by atoms with E-state index in [1.807, 2.05) is 0 Å². The summed E-state index contributed by atoms with van der Waals surface area (Å²) in [5.41, 5.74) is 15.4. The molecule has 0 fully saturated rings. The van der Waals surface area contributed by atoms with Gasteiger partial charge in [0.2, 0.25) is 0 Å². The molecule has 0 radical (unpaired) electrons. The molecule has 14 rings (SSSR count). The molecule has 0 atom stereocenters. The number of rotatable bonds is 2. The third-order valence-corrected chi connectivity index (χ3v) is 14.0. The predicted octanol–water partition coefficient (Wildman–Crippen LogP) is 15.7. The van der Waals surface area contributed by atoms with Crippen LogP contribution in [0.1, 0.15) is 22.3 Å². The van der Waals surface area contributed by atoms with E-state index in [9.17, 15) is 0 Å². The molecule has 0 nitrogen and oxygen atoms in total. The van der Waals surface area contributed by atoms with Crippen molar-refractivity contribution < 1.29 is 0 Å². The lowest BCUT2D eigenvalue weighted by Crippen LogP contribution is -2.26. The van der Waals surface area contributed by atoms with Gasteiger partial charge in [0.25, 0.3) is 0 Å². The molecule has 2 aliphatic carbocycles. The normalized spacial score (nSPS) is 13.6. The van der Waals surface area contributed by atoms with Crippen molar-refractivity contribution in [3.8, 4) is 44.5 Å². The quantitative estimate of drug-likeness (QED) is 0.155. The molecule has 1 spiro atoms. The van der Waals surface area contributed by atoms with Crippen LogP contribution < -0.4 is 0 Å². The molecular formula is C59H34. The van der Waals surface area contributed by atoms with Gasteiger partial charge in [0.1, 0.15) is 0 Å². The lowest BCUT2D eigenvalue weighted by atomic mass is 9.69. The Kier molecular flexibility index (Phi) is 6.05. The molecule has 0 aromatic heterocycles. The first-order valence-electron chi connectivity index (χ1n) is 20.8. The molecule has 0 amide bonds. The second-order valence-corrected chi connectivity index (χ2v) is 16.7. The van der Waals surface area contributed by atoms with Crippen LogP contribution in [0, 0.1) is 0 Å². The third kappa shape index (κ3) is 3.94. The van der Waals surface area contributed by atoms with Crippen LogP contribution in [-0.4, -0.2) is 0 Å². The molecule has 0 bridgehead atoms. The smallest absolute Gasteiger partial charge is 0.0619 e. The van der Waals surface area contributed by atoms with Crippen molar-refractivity contribution in [2.45, 2.75) is 5.41 Å². The van der Waals surface area contributed by atoms with E-state index in [-0.39, 0.29) is 0 Å². The fourth-order valence-corrected chi connectivity index (χ4v) is 11.7. The number of benzene rings is 12. The standard InChI is InChI=1S/C59H34/c1-2-16-43-35(11-1)28-32-53-56(43)57-47-20-4-3-17-44(47)50-34-40(27-31-49(50)58(57)59(53)51-21-7-5-18-45(51)46-19-6-8-22-52(46)59)39-14-10-15-41(33-39)42-29-25-38-24-23-36-12-9-13-37-26-30-48(42)55(38)54(36)37/h1-34H. The summed E-state index contributed by atoms with van der Waals surface area (Å²) in [6, 6.07) is 78.1. The SMILES string of the molecule is c1cc(-c2ccc3c4c(c5ccccc5c3c2)-c2c(ccc3ccccc23)C42c3ccccc3-c3ccccc32)cc(-c2ccc3ccc4cccc5ccc2c3c45)c1. The highest BCUT2D eigenvalue weighted by Crippen LogP contribution is 2.66. The monoisotopic (exact) mass is 742 g/mol. The molecule has 0 unspecified atom stereocenters. The van der Waals surface area contributed by atoms with Gasteiger partial charge >= 0.3 is 0 Å². The van der Waals surface area contributed by atoms with Gasteiger partial charge < -0.3 is 0 Å². The van der Waals surface area contributed by atoms with Crippen molar-refractivity contribution in [3.05, 3.63) is 229 Å². The molecule has 0 saturated carbocycles. The molecule has 0 heterocycles. The van der Waals surface area contributed by atoms with Crippen LogP contribution in [0.25, 0.3) is 109 Å². The van der Waals surface area contributed by atoms with E-state index < -0.39 is 5.41 Å². The minimum atomic E-state index is -0.458. The Hall–Kier alpha value is -7.54. The average Bonchev–Trinajstić information content (AvgIpc) is 3.79. The molecule has 12 aromatic carbocycles. The van der Waals surface area contributed by atoms with E-state index in [1.165, 1.54) is 131 Å². The van der Waals surface area contributed by atoms with Gasteiger partial charge in [-0.25, -0.2) is 0 Å². The summed E-state index contributed by atoms with van der Waals surface area (Å²) in [5, 5.41) is 15.7. The highest BCUT2D eigenvalue weighted by Gasteiger charge is 2.53. The van der Waals surface area contributed by atoms with Gasteiger partial charge in [0, 0.05) is 0 Å². The maximum Gasteiger partial charge on any atom is 0.0732 e. The van der Waals surface area contributed by atoms with Gasteiger partial charge in [-0.05, 0) is 144 Å². The van der Waals surface area contributed by atoms with Crippen LogP contribution in [0.3, 0.4) is 0 Å². The lowest BCUT2D eigenvalue weighted by Gasteiger charge is -2.32. The maximum atomic E-state index is 2.47. The fourth-order valence-electron chi connectivity index (χ4n) is 11.7. The molecule has 270 valence electrons. The van der Waals surface area contributed by atoms with Crippen LogP contribution in [0.4, 0.5) is 0 Å². The van der Waals surface area contributed by atoms with Crippen LogP contribution in [-0.2, 0) is 5.41 Å². The zero-order chi connectivity index (χ0) is 38.4. The molecule has 0 heteroatoms. The van der Waals surface area contributed by atoms with Crippen molar-refractivity contribution in [3.63, 3.8) is 0 Å². The Labute approximate surface area is 341 Å². The Bertz CT molecular complexity index is 3730. The number of hydrogen-bond acceptors (Lipinski definition) is 0. The number of hydrogen-bond donors (Lipinski definition) is 0. The van der Waals surface area contributed by atoms with Crippen molar-refractivity contribution in [1.29, 1.82) is 0 Å². The molecule has 0 aliphatic heterocycles. The second kappa shape index (κ2) is 11.3. The summed E-state index contributed by atoms with van der Waals surface area (Å²) in [6.45, 7) is 0. The van der Waals surface area contributed by atoms with Gasteiger partial charge in [-0.1, -0.05) is 194 Å². The molecular weight excluding hydrogens is 709 g/mol. The Balaban J connectivity index is 1.05. The summed E-state index contributed by atoms with van der Waals surface area (Å²) in [6.07, 6.45) is 0. The largest absolute Gasteiger partial charge is 0.0732 e. The highest BCUT2D eigenvalue weighted by atomic mass is 14.5. The zero-order valence-corrected chi connectivity index (χ0v) is 32.1. The Morgan fingerprint density at radius 3 is 1.64 bits per heavy atom. The molecule has 0 N–H and O–H groups in total. The first-order valence-corrected chi connectivity index (χ1v) is 20.8. The Morgan fingerprint density at radius 2 is 0.831 bits per heavy atom. The van der Waals surface area contributed by atoms with Crippen LogP contribution in [0.2, 0.25) is 0 Å². The van der Waals surface area contributed by atoms with E-state index >= 15 is 0 Å². The van der Waals surface area contributed by atoms with E-state index in [0.717, 1.165) is 0 Å². The first-order chi connectivity index (χ1) is 29.3. The fraction of sp³-hybridized carbons (Fsp3) is 0.0169. The summed E-state index contributed by atoms with van der Waals surface area (Å²) < 4.78 is 0. The van der Waals surface area contributed by atoms with E-state index in [0.29, 0.717) is 0 Å². The maximum absolute atomic E-state index is 2.47. The lowest BCUT2D eigenvalue weighted by molar-refractivity contribution is 0.802. The van der Waals surface area contributed by atoms with Crippen molar-refractivity contribution in [1.82, 2.24) is 0 Å². The third-order valence-electron chi connectivity index (χ3n) is 14.0. The first kappa shape index (κ1) is 31.5. The van der Waals surface area contributed by atoms with Crippen LogP contribution in [0.5, 0.6) is 0 Å². The topological polar surface area (TPSA) is 0 Å². The molecule has 0 saturated heterocycles. The minimum Gasteiger partial charge on any atom is -0.0619 e. The number of fused-ring (bicyclic) bond motifs is 17. The summed E-state index contributed by atoms with van der Waals surface area (Å²) >= 11 is 0. The predicted molar refractivity (Wildman–Crippen MR) is 250 cm³/mol. The second-order valence-electron chi connectivity index (χ2n) is 16.7. The van der Waals surface area contributed by atoms with E-state index in [4.69, 9.17) is 0 Å². The molecule has 59 heavy (non-hydrogen) atoms. The van der Waals surface area contributed by atoms with Gasteiger partial charge in [-0.3, -0.25) is 0 Å². The Morgan fingerprint density at radius 1 is 0.254 bits per heavy atom. The summed E-state index contributed by atoms with van der Waals surface area (Å²) in [4.78, 5) is 0. The van der Waals surface area contributed by atoms with E-state index in [1.54, 1.807) is 0 Å². The van der Waals surface area contributed by atoms with Crippen molar-refractivity contribution in [2.75, 3.05) is 0 Å². The highest BCUT2D eigenvalue weighted by molar-refractivity contribution is 6.26. The summed E-state index contributed by atoms with van der Waals surface area (Å²) in [7, 11) is 0. The minimum absolute atomic E-state index is 0.458. The molecule has 12 aromatic rings. The van der Waals surface area contributed by atoms with Gasteiger partial charge in [-0.15, -0.1) is 0 Å². The molecule has 2 aliphatic rings. The van der Waals surface area contributed by atoms with E-state index in [2.05, 4.69) is 206 Å². The van der Waals surface area contributed by atoms with Gasteiger partial charge in [0.15, 0.2) is 0 Å².